The summed E-state index contributed by atoms with van der Waals surface area (Å²) in [6, 6.07) is 0. The predicted octanol–water partition coefficient (Wildman–Crippen LogP) is 1.14. The molecule has 0 radical (unpaired) electrons. The van der Waals surface area contributed by atoms with E-state index in [9.17, 15) is 0 Å². The summed E-state index contributed by atoms with van der Waals surface area (Å²) in [6.45, 7) is 3.74. The molecule has 0 rings (SSSR count). The number of hydrogen-bond donors (Lipinski definition) is 2. The Balaban J connectivity index is 4.75. The van der Waals surface area contributed by atoms with Gasteiger partial charge in [-0.15, -0.1) is 0 Å². The summed E-state index contributed by atoms with van der Waals surface area (Å²) in [6.07, 6.45) is 3.80. The number of rotatable bonds is 4. The normalized spacial score (nSPS) is 12.8. The van der Waals surface area contributed by atoms with Crippen LogP contribution in [0.15, 0.2) is 23.3 Å². The average Bonchev–Trinajstić information content (AvgIpc) is 2.12. The Morgan fingerprint density at radius 1 is 1.54 bits per heavy atom. The minimum atomic E-state index is 0.0956. The van der Waals surface area contributed by atoms with Crippen molar-refractivity contribution in [2.24, 2.45) is 5.73 Å². The number of nitrogens with one attached hydrogen (secondary N) is 1. The van der Waals surface area contributed by atoms with Crippen LogP contribution in [-0.4, -0.2) is 17.0 Å². The fourth-order valence-electron chi connectivity index (χ4n) is 0.689. The molecule has 0 atom stereocenters. The molecule has 0 saturated carbocycles. The molecule has 13 heavy (non-hydrogen) atoms. The van der Waals surface area contributed by atoms with Gasteiger partial charge in [0.1, 0.15) is 0 Å². The zero-order valence-electron chi connectivity index (χ0n) is 8.05. The van der Waals surface area contributed by atoms with E-state index < -0.39 is 0 Å². The van der Waals surface area contributed by atoms with Gasteiger partial charge in [-0.05, 0) is 0 Å². The van der Waals surface area contributed by atoms with Crippen LogP contribution in [0.2, 0.25) is 0 Å². The topological polar surface area (TPSA) is 59.1 Å². The van der Waals surface area contributed by atoms with E-state index in [-0.39, 0.29) is 5.84 Å². The average molecular weight is 350 g/mol. The number of amidine groups is 1. The van der Waals surface area contributed by atoms with Crippen molar-refractivity contribution in [3.8, 4) is 0 Å². The molecule has 0 heterocycles. The molecule has 3 N–H and O–H groups in total. The number of hydrogen-bond acceptors (Lipinski definition) is 2. The minimum absolute atomic E-state index is 0.0956. The van der Waals surface area contributed by atoms with Crippen LogP contribution in [0, 0.1) is 5.41 Å². The van der Waals surface area contributed by atoms with E-state index in [1.54, 1.807) is 7.11 Å². The first-order valence-corrected chi connectivity index (χ1v) is 5.27. The molecule has 0 aromatic heterocycles. The van der Waals surface area contributed by atoms with Crippen LogP contribution in [0.1, 0.15) is 13.8 Å². The number of allylic oxidation sites excluding steroid dienone is 1. The van der Waals surface area contributed by atoms with Gasteiger partial charge in [-0.25, -0.2) is 0 Å². The Bertz CT molecular complexity index is 279. The zero-order chi connectivity index (χ0) is 10.4. The van der Waals surface area contributed by atoms with Gasteiger partial charge >= 0.3 is 89.4 Å². The number of ether oxygens (including phenoxy) is 1. The summed E-state index contributed by atoms with van der Waals surface area (Å²) in [5, 5.41) is 7.21. The zero-order valence-corrected chi connectivity index (χ0v) is 11.0. The first kappa shape index (κ1) is 12.5. The third kappa shape index (κ3) is 4.30. The summed E-state index contributed by atoms with van der Waals surface area (Å²) in [5.41, 5.74) is 7.07. The quantitative estimate of drug-likeness (QED) is 0.454. The van der Waals surface area contributed by atoms with Crippen LogP contribution in [0.3, 0.4) is 0 Å². The van der Waals surface area contributed by atoms with Crippen LogP contribution in [-0.2, 0) is 24.1 Å². The maximum absolute atomic E-state index is 7.21. The van der Waals surface area contributed by atoms with E-state index in [2.05, 4.69) is 0 Å². The van der Waals surface area contributed by atoms with E-state index in [1.165, 1.54) is 19.4 Å². The molecule has 0 saturated heterocycles. The molecule has 0 bridgehead atoms. The second-order valence-electron chi connectivity index (χ2n) is 2.48. The van der Waals surface area contributed by atoms with Crippen molar-refractivity contribution in [2.75, 3.05) is 7.11 Å². The van der Waals surface area contributed by atoms with Crippen LogP contribution in [0.4, 0.5) is 0 Å². The Morgan fingerprint density at radius 3 is 2.38 bits per heavy atom. The fourth-order valence-corrected chi connectivity index (χ4v) is 1.32. The van der Waals surface area contributed by atoms with Crippen LogP contribution >= 0.6 is 0 Å². The standard InChI is InChI=1S/C9H14N2O.W/c1-4-8(6-12-3)5-7(2)9(10)11;/h4-5H,1-3H3,(H3,10,11);/b7-5+,8-4+;. The second kappa shape index (κ2) is 6.00. The summed E-state index contributed by atoms with van der Waals surface area (Å²) in [4.78, 5) is 0. The first-order chi connectivity index (χ1) is 6.02. The molecule has 0 aliphatic carbocycles. The number of methoxy groups -OCH3 is 1. The van der Waals surface area contributed by atoms with E-state index in [0.717, 1.165) is 15.2 Å². The summed E-state index contributed by atoms with van der Waals surface area (Å²) in [7, 11) is 1.64. The third-order valence-corrected chi connectivity index (χ3v) is 2.97. The van der Waals surface area contributed by atoms with Gasteiger partial charge in [-0.1, -0.05) is 0 Å². The Morgan fingerprint density at radius 2 is 2.08 bits per heavy atom. The van der Waals surface area contributed by atoms with Crippen molar-refractivity contribution < 1.29 is 24.1 Å². The summed E-state index contributed by atoms with van der Waals surface area (Å²) < 4.78 is 6.02. The molecule has 0 aliphatic heterocycles. The van der Waals surface area contributed by atoms with Gasteiger partial charge in [0, 0.05) is 0 Å². The van der Waals surface area contributed by atoms with Gasteiger partial charge in [0.05, 0.1) is 0 Å². The SMILES string of the molecule is C/C=C(\C=C(/C)C(=N)N)[C](=[W])OC. The molecule has 0 aromatic carbocycles. The van der Waals surface area contributed by atoms with Crippen LogP contribution < -0.4 is 5.73 Å². The van der Waals surface area contributed by atoms with Crippen molar-refractivity contribution in [3.05, 3.63) is 23.3 Å². The van der Waals surface area contributed by atoms with Crippen molar-refractivity contribution in [1.29, 1.82) is 5.41 Å². The Labute approximate surface area is 89.6 Å². The summed E-state index contributed by atoms with van der Waals surface area (Å²) >= 11 is 1.26. The van der Waals surface area contributed by atoms with Crippen LogP contribution in [0.5, 0.6) is 0 Å². The molecule has 0 fully saturated rings. The Kier molecular flexibility index (Phi) is 5.76. The molecular formula is C9H14N2OW. The maximum atomic E-state index is 7.21. The second-order valence-corrected chi connectivity index (χ2v) is 3.81. The van der Waals surface area contributed by atoms with Gasteiger partial charge in [-0.3, -0.25) is 0 Å². The van der Waals surface area contributed by atoms with Gasteiger partial charge in [0.25, 0.3) is 0 Å². The predicted molar refractivity (Wildman–Crippen MR) is 51.4 cm³/mol. The van der Waals surface area contributed by atoms with Crippen molar-refractivity contribution >= 4 is 9.92 Å². The summed E-state index contributed by atoms with van der Waals surface area (Å²) in [5.74, 6) is 0.0956. The molecule has 0 spiro atoms. The molecular weight excluding hydrogens is 336 g/mol. The van der Waals surface area contributed by atoms with Gasteiger partial charge in [-0.2, -0.15) is 0 Å². The van der Waals surface area contributed by atoms with E-state index in [1.807, 2.05) is 26.0 Å². The Hall–Kier alpha value is -0.532. The number of nitrogens with two attached hydrogens (primary N) is 1. The van der Waals surface area contributed by atoms with E-state index >= 15 is 0 Å². The van der Waals surface area contributed by atoms with E-state index in [4.69, 9.17) is 15.9 Å². The van der Waals surface area contributed by atoms with Crippen LogP contribution in [0.25, 0.3) is 0 Å². The molecule has 72 valence electrons. The van der Waals surface area contributed by atoms with Crippen molar-refractivity contribution in [3.63, 3.8) is 0 Å². The third-order valence-electron chi connectivity index (χ3n) is 1.53. The molecule has 0 unspecified atom stereocenters. The van der Waals surface area contributed by atoms with Gasteiger partial charge in [0.15, 0.2) is 0 Å². The molecule has 3 nitrogen and oxygen atoms in total. The fraction of sp³-hybridized carbons (Fsp3) is 0.333. The van der Waals surface area contributed by atoms with Crippen molar-refractivity contribution in [1.82, 2.24) is 0 Å². The van der Waals surface area contributed by atoms with Crippen molar-refractivity contribution in [2.45, 2.75) is 13.8 Å². The van der Waals surface area contributed by atoms with Gasteiger partial charge in [0.2, 0.25) is 0 Å². The van der Waals surface area contributed by atoms with Gasteiger partial charge < -0.3 is 0 Å². The molecule has 0 aliphatic rings. The molecule has 4 heteroatoms. The molecule has 0 aromatic rings. The monoisotopic (exact) mass is 350 g/mol. The molecule has 0 amide bonds. The van der Waals surface area contributed by atoms with E-state index in [0.29, 0.717) is 0 Å². The first-order valence-electron chi connectivity index (χ1n) is 3.80.